The van der Waals surface area contributed by atoms with Gasteiger partial charge in [0.05, 0.1) is 30.9 Å². The number of aromatic nitrogens is 2. The van der Waals surface area contributed by atoms with Gasteiger partial charge < -0.3 is 25.0 Å². The Kier molecular flexibility index (Phi) is 10.7. The van der Waals surface area contributed by atoms with E-state index in [1.54, 1.807) is 13.3 Å². The topological polar surface area (TPSA) is 86.1 Å². The van der Waals surface area contributed by atoms with Crippen LogP contribution in [0.25, 0.3) is 0 Å². The fraction of sp³-hybridized carbons (Fsp3) is 0.722. The number of aliphatic hydroxyl groups is 1. The predicted octanol–water partition coefficient (Wildman–Crippen LogP) is 2.36. The Labute approximate surface area is 193 Å². The van der Waals surface area contributed by atoms with Gasteiger partial charge in [0, 0.05) is 38.1 Å². The van der Waals surface area contributed by atoms with E-state index < -0.39 is 0 Å². The van der Waals surface area contributed by atoms with E-state index in [1.165, 1.54) is 0 Å². The standard InChI is InChI=1S/C18H31BrN6O2.HI/c1-5-18(3,13-26)12-22-16(20-6-2)24-7-9-25(10-8-24)17-21-11-14(19)15(23-17)27-4;/h11,26H,5-10,12-13H2,1-4H3,(H,20,22);1H. The molecular formula is C18H32BrIN6O2. The molecule has 160 valence electrons. The van der Waals surface area contributed by atoms with Gasteiger partial charge >= 0.3 is 0 Å². The molecule has 10 heteroatoms. The SMILES string of the molecule is CCNC(=NCC(C)(CC)CO)N1CCN(c2ncc(Br)c(OC)n2)CC1.I. The van der Waals surface area contributed by atoms with E-state index in [-0.39, 0.29) is 36.0 Å². The van der Waals surface area contributed by atoms with Gasteiger partial charge in [0.1, 0.15) is 0 Å². The first-order chi connectivity index (χ1) is 13.0. The van der Waals surface area contributed by atoms with Crippen LogP contribution in [0.2, 0.25) is 0 Å². The van der Waals surface area contributed by atoms with Gasteiger partial charge in [-0.2, -0.15) is 4.98 Å². The number of aliphatic hydroxyl groups excluding tert-OH is 1. The molecule has 2 rings (SSSR count). The Bertz CT molecular complexity index is 637. The third-order valence-corrected chi connectivity index (χ3v) is 5.48. The number of nitrogens with zero attached hydrogens (tertiary/aromatic N) is 5. The molecule has 2 N–H and O–H groups in total. The number of guanidine groups is 1. The van der Waals surface area contributed by atoms with Crippen LogP contribution < -0.4 is 15.0 Å². The summed E-state index contributed by atoms with van der Waals surface area (Å²) in [6.45, 7) is 11.1. The molecule has 0 aliphatic carbocycles. The van der Waals surface area contributed by atoms with Crippen LogP contribution in [0, 0.1) is 5.41 Å². The zero-order valence-corrected chi connectivity index (χ0v) is 21.0. The third kappa shape index (κ3) is 6.58. The molecule has 1 saturated heterocycles. The third-order valence-electron chi connectivity index (χ3n) is 4.94. The number of methoxy groups -OCH3 is 1. The van der Waals surface area contributed by atoms with Crippen molar-refractivity contribution in [3.8, 4) is 5.88 Å². The minimum Gasteiger partial charge on any atom is -0.480 e. The van der Waals surface area contributed by atoms with Crippen molar-refractivity contribution in [2.24, 2.45) is 10.4 Å². The summed E-state index contributed by atoms with van der Waals surface area (Å²) in [4.78, 5) is 18.1. The van der Waals surface area contributed by atoms with Crippen molar-refractivity contribution >= 4 is 51.8 Å². The average molecular weight is 571 g/mol. The summed E-state index contributed by atoms with van der Waals surface area (Å²) in [6.07, 6.45) is 2.61. The van der Waals surface area contributed by atoms with Gasteiger partial charge in [-0.15, -0.1) is 24.0 Å². The van der Waals surface area contributed by atoms with Crippen molar-refractivity contribution in [2.45, 2.75) is 27.2 Å². The number of ether oxygens (including phenoxy) is 1. The van der Waals surface area contributed by atoms with E-state index in [4.69, 9.17) is 9.73 Å². The maximum Gasteiger partial charge on any atom is 0.232 e. The molecule has 28 heavy (non-hydrogen) atoms. The summed E-state index contributed by atoms with van der Waals surface area (Å²) in [6, 6.07) is 0. The lowest BCUT2D eigenvalue weighted by Gasteiger charge is -2.37. The highest BCUT2D eigenvalue weighted by atomic mass is 127. The molecule has 1 aromatic rings. The van der Waals surface area contributed by atoms with Crippen molar-refractivity contribution in [3.05, 3.63) is 10.7 Å². The molecule has 1 aliphatic rings. The molecule has 0 bridgehead atoms. The Hall–Kier alpha value is -0.880. The van der Waals surface area contributed by atoms with Crippen molar-refractivity contribution < 1.29 is 9.84 Å². The van der Waals surface area contributed by atoms with Gasteiger partial charge in [-0.1, -0.05) is 13.8 Å². The second-order valence-corrected chi connectivity index (χ2v) is 7.85. The lowest BCUT2D eigenvalue weighted by Crippen LogP contribution is -2.53. The van der Waals surface area contributed by atoms with Gasteiger partial charge in [-0.05, 0) is 29.3 Å². The summed E-state index contributed by atoms with van der Waals surface area (Å²) in [7, 11) is 1.60. The number of aliphatic imine (C=N–C) groups is 1. The number of hydrogen-bond donors (Lipinski definition) is 2. The van der Waals surface area contributed by atoms with Crippen molar-refractivity contribution in [1.82, 2.24) is 20.2 Å². The molecular weight excluding hydrogens is 539 g/mol. The molecule has 2 heterocycles. The molecule has 1 atom stereocenters. The van der Waals surface area contributed by atoms with Crippen LogP contribution in [-0.2, 0) is 0 Å². The second-order valence-electron chi connectivity index (χ2n) is 6.99. The molecule has 0 aromatic carbocycles. The van der Waals surface area contributed by atoms with E-state index >= 15 is 0 Å². The van der Waals surface area contributed by atoms with E-state index in [9.17, 15) is 5.11 Å². The first-order valence-corrected chi connectivity index (χ1v) is 10.2. The zero-order chi connectivity index (χ0) is 19.9. The quantitative estimate of drug-likeness (QED) is 0.296. The van der Waals surface area contributed by atoms with Gasteiger partial charge in [0.25, 0.3) is 0 Å². The van der Waals surface area contributed by atoms with Crippen LogP contribution in [0.1, 0.15) is 27.2 Å². The highest BCUT2D eigenvalue weighted by molar-refractivity contribution is 14.0. The summed E-state index contributed by atoms with van der Waals surface area (Å²) in [5, 5.41) is 13.0. The minimum atomic E-state index is -0.176. The lowest BCUT2D eigenvalue weighted by molar-refractivity contribution is 0.145. The van der Waals surface area contributed by atoms with Gasteiger partial charge in [-0.3, -0.25) is 4.99 Å². The largest absolute Gasteiger partial charge is 0.480 e. The predicted molar refractivity (Wildman–Crippen MR) is 127 cm³/mol. The molecule has 1 aromatic heterocycles. The Morgan fingerprint density at radius 1 is 1.36 bits per heavy atom. The number of piperazine rings is 1. The number of halogens is 2. The Morgan fingerprint density at radius 2 is 2.04 bits per heavy atom. The molecule has 1 aliphatic heterocycles. The zero-order valence-electron chi connectivity index (χ0n) is 17.1. The maximum atomic E-state index is 9.62. The molecule has 0 amide bonds. The summed E-state index contributed by atoms with van der Waals surface area (Å²) < 4.78 is 6.02. The fourth-order valence-corrected chi connectivity index (χ4v) is 3.07. The summed E-state index contributed by atoms with van der Waals surface area (Å²) in [5.41, 5.74) is -0.176. The van der Waals surface area contributed by atoms with Crippen LogP contribution in [0.15, 0.2) is 15.7 Å². The molecule has 1 fully saturated rings. The van der Waals surface area contributed by atoms with Crippen LogP contribution in [0.4, 0.5) is 5.95 Å². The van der Waals surface area contributed by atoms with Crippen molar-refractivity contribution in [1.29, 1.82) is 0 Å². The minimum absolute atomic E-state index is 0. The first-order valence-electron chi connectivity index (χ1n) is 9.42. The van der Waals surface area contributed by atoms with E-state index in [0.717, 1.165) is 49.6 Å². The van der Waals surface area contributed by atoms with Gasteiger partial charge in [0.2, 0.25) is 11.8 Å². The smallest absolute Gasteiger partial charge is 0.232 e. The Balaban J connectivity index is 0.00000392. The van der Waals surface area contributed by atoms with E-state index in [2.05, 4.69) is 61.8 Å². The highest BCUT2D eigenvalue weighted by Gasteiger charge is 2.24. The Morgan fingerprint density at radius 3 is 2.57 bits per heavy atom. The number of anilines is 1. The number of hydrogen-bond acceptors (Lipinski definition) is 6. The van der Waals surface area contributed by atoms with E-state index in [0.29, 0.717) is 18.4 Å². The van der Waals surface area contributed by atoms with Crippen molar-refractivity contribution in [3.63, 3.8) is 0 Å². The summed E-state index contributed by atoms with van der Waals surface area (Å²) >= 11 is 3.39. The fourth-order valence-electron chi connectivity index (χ4n) is 2.72. The number of nitrogens with one attached hydrogen (secondary N) is 1. The van der Waals surface area contributed by atoms with Crippen LogP contribution >= 0.6 is 39.9 Å². The van der Waals surface area contributed by atoms with Gasteiger partial charge in [0.15, 0.2) is 5.96 Å². The molecule has 0 spiro atoms. The second kappa shape index (κ2) is 12.0. The molecule has 8 nitrogen and oxygen atoms in total. The van der Waals surface area contributed by atoms with Crippen LogP contribution in [0.5, 0.6) is 5.88 Å². The monoisotopic (exact) mass is 570 g/mol. The van der Waals surface area contributed by atoms with Gasteiger partial charge in [-0.25, -0.2) is 4.98 Å². The van der Waals surface area contributed by atoms with Crippen LogP contribution in [-0.4, -0.2) is 78.9 Å². The number of rotatable bonds is 7. The normalized spacial score (nSPS) is 17.0. The lowest BCUT2D eigenvalue weighted by atomic mass is 9.89. The molecule has 1 unspecified atom stereocenters. The molecule has 0 radical (unpaired) electrons. The highest BCUT2D eigenvalue weighted by Crippen LogP contribution is 2.24. The van der Waals surface area contributed by atoms with Crippen LogP contribution in [0.3, 0.4) is 0 Å². The van der Waals surface area contributed by atoms with Crippen molar-refractivity contribution in [2.75, 3.05) is 57.9 Å². The summed E-state index contributed by atoms with van der Waals surface area (Å²) in [5.74, 6) is 2.12. The van der Waals surface area contributed by atoms with E-state index in [1.807, 2.05) is 0 Å². The first kappa shape index (κ1) is 25.2. The molecule has 0 saturated carbocycles. The average Bonchev–Trinajstić information content (AvgIpc) is 2.71. The maximum absolute atomic E-state index is 9.62.